The lowest BCUT2D eigenvalue weighted by Gasteiger charge is -2.28. The predicted octanol–water partition coefficient (Wildman–Crippen LogP) is 9.38. The first kappa shape index (κ1) is 29.2. The molecule has 0 aromatic heterocycles. The summed E-state index contributed by atoms with van der Waals surface area (Å²) in [5.41, 5.74) is 0.240. The molecular weight excluding hydrogens is 511 g/mol. The van der Waals surface area contributed by atoms with Crippen molar-refractivity contribution in [3.8, 4) is 11.5 Å². The molecule has 2 nitrogen and oxygen atoms in total. The maximum absolute atomic E-state index is 14.8. The minimum atomic E-state index is -1.30. The summed E-state index contributed by atoms with van der Waals surface area (Å²) < 4.78 is 84.0. The molecule has 2 saturated carbocycles. The van der Waals surface area contributed by atoms with Crippen LogP contribution in [0.15, 0.2) is 49.6 Å². The lowest BCUT2D eigenvalue weighted by molar-refractivity contribution is 0.135. The summed E-state index contributed by atoms with van der Waals surface area (Å²) in [5.74, 6) is -4.63. The highest BCUT2D eigenvalue weighted by molar-refractivity contribution is 5.36. The van der Waals surface area contributed by atoms with Crippen molar-refractivity contribution in [1.29, 1.82) is 0 Å². The monoisotopic (exact) mass is 548 g/mol. The average molecular weight is 549 g/mol. The number of ether oxygens (including phenoxy) is 2. The van der Waals surface area contributed by atoms with Gasteiger partial charge in [-0.25, -0.2) is 13.2 Å². The van der Waals surface area contributed by atoms with Crippen LogP contribution in [0.4, 0.5) is 22.0 Å². The van der Waals surface area contributed by atoms with E-state index in [2.05, 4.69) is 13.2 Å². The van der Waals surface area contributed by atoms with Crippen molar-refractivity contribution in [3.63, 3.8) is 0 Å². The Morgan fingerprint density at radius 2 is 1.28 bits per heavy atom. The summed E-state index contributed by atoms with van der Waals surface area (Å²) in [6.45, 7) is 7.04. The Bertz CT molecular complexity index is 1130. The van der Waals surface area contributed by atoms with Gasteiger partial charge in [0.2, 0.25) is 11.6 Å². The van der Waals surface area contributed by atoms with E-state index in [9.17, 15) is 22.0 Å². The summed E-state index contributed by atoms with van der Waals surface area (Å²) in [4.78, 5) is 0. The van der Waals surface area contributed by atoms with Crippen molar-refractivity contribution >= 4 is 0 Å². The van der Waals surface area contributed by atoms with E-state index in [0.717, 1.165) is 57.4 Å². The molecule has 0 N–H and O–H groups in total. The molecule has 7 heteroatoms. The molecule has 2 aliphatic rings. The zero-order chi connectivity index (χ0) is 27.9. The number of hydrogen-bond acceptors (Lipinski definition) is 2. The molecule has 0 spiro atoms. The lowest BCUT2D eigenvalue weighted by atomic mass is 9.78. The molecule has 39 heavy (non-hydrogen) atoms. The molecule has 212 valence electrons. The van der Waals surface area contributed by atoms with Crippen LogP contribution in [0.2, 0.25) is 0 Å². The fraction of sp³-hybridized carbons (Fsp3) is 0.500. The topological polar surface area (TPSA) is 18.5 Å². The summed E-state index contributed by atoms with van der Waals surface area (Å²) in [6, 6.07) is 5.33. The third-order valence-corrected chi connectivity index (χ3v) is 8.44. The highest BCUT2D eigenvalue weighted by Gasteiger charge is 2.27. The zero-order valence-electron chi connectivity index (χ0n) is 22.2. The van der Waals surface area contributed by atoms with Crippen LogP contribution in [0.25, 0.3) is 0 Å². The lowest BCUT2D eigenvalue weighted by Crippen LogP contribution is -2.24. The van der Waals surface area contributed by atoms with Gasteiger partial charge in [0, 0.05) is 12.0 Å². The van der Waals surface area contributed by atoms with Crippen LogP contribution in [0.5, 0.6) is 11.5 Å². The van der Waals surface area contributed by atoms with Gasteiger partial charge in [-0.1, -0.05) is 24.3 Å². The van der Waals surface area contributed by atoms with E-state index in [-0.39, 0.29) is 36.2 Å². The number of allylic oxidation sites excluding steroid dienone is 2. The van der Waals surface area contributed by atoms with E-state index in [1.54, 1.807) is 6.07 Å². The minimum absolute atomic E-state index is 0.0614. The first-order valence-corrected chi connectivity index (χ1v) is 13.9. The Morgan fingerprint density at radius 1 is 0.718 bits per heavy atom. The molecule has 2 aromatic carbocycles. The third-order valence-electron chi connectivity index (χ3n) is 8.44. The first-order valence-electron chi connectivity index (χ1n) is 13.9. The third kappa shape index (κ3) is 7.03. The van der Waals surface area contributed by atoms with Crippen LogP contribution in [0.3, 0.4) is 0 Å². The number of hydrogen-bond donors (Lipinski definition) is 0. The molecule has 0 aliphatic heterocycles. The van der Waals surface area contributed by atoms with Crippen molar-refractivity contribution in [2.24, 2.45) is 17.8 Å². The summed E-state index contributed by atoms with van der Waals surface area (Å²) in [6.07, 6.45) is 9.48. The van der Waals surface area contributed by atoms with Crippen LogP contribution < -0.4 is 9.47 Å². The molecule has 2 aliphatic carbocycles. The largest absolute Gasteiger partial charge is 0.490 e. The maximum atomic E-state index is 14.8. The highest BCUT2D eigenvalue weighted by Crippen LogP contribution is 2.38. The van der Waals surface area contributed by atoms with E-state index < -0.39 is 41.8 Å². The van der Waals surface area contributed by atoms with Gasteiger partial charge < -0.3 is 9.47 Å². The van der Waals surface area contributed by atoms with E-state index in [1.807, 2.05) is 12.2 Å². The van der Waals surface area contributed by atoms with Crippen LogP contribution in [0, 0.1) is 41.0 Å². The standard InChI is InChI=1S/C32H37F5O2/c1-3-20-5-9-22(10-6-20)25-14-13-24(29(34)30(25)35)19-39-28-16-15-27(31(36)32(28)37)38-18-17-26(33)23-11-7-21(4-2)8-12-23/h3-4,13-16,20-23,26H,1-2,5-12,17-19H2. The van der Waals surface area contributed by atoms with Crippen LogP contribution in [-0.2, 0) is 6.61 Å². The number of rotatable bonds is 11. The Morgan fingerprint density at radius 3 is 1.87 bits per heavy atom. The van der Waals surface area contributed by atoms with E-state index in [4.69, 9.17) is 9.47 Å². The SMILES string of the molecule is C=CC1CCC(c2ccc(COc3ccc(OCCC(F)C4CCC(C=C)CC4)c(F)c3F)c(F)c2F)CC1. The van der Waals surface area contributed by atoms with Gasteiger partial charge >= 0.3 is 0 Å². The second-order valence-electron chi connectivity index (χ2n) is 10.8. The van der Waals surface area contributed by atoms with Gasteiger partial charge in [0.25, 0.3) is 0 Å². The Balaban J connectivity index is 1.30. The second-order valence-corrected chi connectivity index (χ2v) is 10.8. The zero-order valence-corrected chi connectivity index (χ0v) is 22.2. The average Bonchev–Trinajstić information content (AvgIpc) is 2.97. The number of benzene rings is 2. The van der Waals surface area contributed by atoms with Gasteiger partial charge in [-0.15, -0.1) is 13.2 Å². The molecule has 2 aromatic rings. The molecular formula is C32H37F5O2. The smallest absolute Gasteiger partial charge is 0.204 e. The van der Waals surface area contributed by atoms with Gasteiger partial charge in [0.15, 0.2) is 23.1 Å². The minimum Gasteiger partial charge on any atom is -0.490 e. The molecule has 0 radical (unpaired) electrons. The molecule has 0 amide bonds. The van der Waals surface area contributed by atoms with Gasteiger partial charge in [-0.05, 0) is 92.7 Å². The summed E-state index contributed by atoms with van der Waals surface area (Å²) >= 11 is 0. The van der Waals surface area contributed by atoms with E-state index >= 15 is 0 Å². The van der Waals surface area contributed by atoms with Gasteiger partial charge in [0.05, 0.1) is 6.61 Å². The normalized spacial score (nSPS) is 24.1. The molecule has 0 saturated heterocycles. The first-order chi connectivity index (χ1) is 18.8. The molecule has 0 heterocycles. The van der Waals surface area contributed by atoms with Crippen LogP contribution >= 0.6 is 0 Å². The van der Waals surface area contributed by atoms with Gasteiger partial charge in [0.1, 0.15) is 12.8 Å². The molecule has 1 atom stereocenters. The van der Waals surface area contributed by atoms with E-state index in [0.29, 0.717) is 17.4 Å². The van der Waals surface area contributed by atoms with Crippen molar-refractivity contribution in [2.45, 2.75) is 76.5 Å². The molecule has 2 fully saturated rings. The second kappa shape index (κ2) is 13.5. The van der Waals surface area contributed by atoms with Gasteiger partial charge in [-0.2, -0.15) is 8.78 Å². The van der Waals surface area contributed by atoms with Crippen molar-refractivity contribution in [1.82, 2.24) is 0 Å². The van der Waals surface area contributed by atoms with Crippen LogP contribution in [0.1, 0.15) is 74.8 Å². The Hall–Kier alpha value is -2.83. The molecule has 4 rings (SSSR count). The Labute approximate surface area is 227 Å². The maximum Gasteiger partial charge on any atom is 0.204 e. The molecule has 1 unspecified atom stereocenters. The predicted molar refractivity (Wildman–Crippen MR) is 143 cm³/mol. The van der Waals surface area contributed by atoms with Crippen molar-refractivity contribution < 1.29 is 31.4 Å². The van der Waals surface area contributed by atoms with Crippen molar-refractivity contribution in [2.75, 3.05) is 6.61 Å². The number of halogens is 5. The van der Waals surface area contributed by atoms with E-state index in [1.165, 1.54) is 12.1 Å². The van der Waals surface area contributed by atoms with Gasteiger partial charge in [-0.3, -0.25) is 0 Å². The quantitative estimate of drug-likeness (QED) is 0.206. The summed E-state index contributed by atoms with van der Waals surface area (Å²) in [7, 11) is 0. The highest BCUT2D eigenvalue weighted by atomic mass is 19.2. The van der Waals surface area contributed by atoms with Crippen LogP contribution in [-0.4, -0.2) is 12.8 Å². The molecule has 0 bridgehead atoms. The fourth-order valence-electron chi connectivity index (χ4n) is 5.85. The summed E-state index contributed by atoms with van der Waals surface area (Å²) in [5, 5.41) is 0. The fourth-order valence-corrected chi connectivity index (χ4v) is 5.85. The number of alkyl halides is 1. The van der Waals surface area contributed by atoms with Crippen molar-refractivity contribution in [3.05, 3.63) is 84.0 Å². The Kier molecular flexibility index (Phi) is 10.1.